The third-order valence-corrected chi connectivity index (χ3v) is 3.22. The molecule has 2 heterocycles. The van der Waals surface area contributed by atoms with Gasteiger partial charge >= 0.3 is 0 Å². The zero-order valence-electron chi connectivity index (χ0n) is 9.03. The smallest absolute Gasteiger partial charge is 0.213 e. The lowest BCUT2D eigenvalue weighted by Gasteiger charge is -2.13. The Kier molecular flexibility index (Phi) is 2.51. The second-order valence-electron chi connectivity index (χ2n) is 4.12. The molecule has 0 aliphatic carbocycles. The molecular weight excluding hydrogens is 263 g/mol. The zero-order valence-corrected chi connectivity index (χ0v) is 9.85. The molecule has 18 heavy (non-hydrogen) atoms. The van der Waals surface area contributed by atoms with Crippen LogP contribution in [0, 0.1) is 16.4 Å². The van der Waals surface area contributed by atoms with E-state index in [-0.39, 0.29) is 22.6 Å². The first-order chi connectivity index (χ1) is 8.58. The van der Waals surface area contributed by atoms with Gasteiger partial charge < -0.3 is 0 Å². The van der Waals surface area contributed by atoms with E-state index in [4.69, 9.17) is 12.2 Å². The average molecular weight is 271 g/mol. The van der Waals surface area contributed by atoms with E-state index in [1.165, 1.54) is 16.8 Å². The van der Waals surface area contributed by atoms with Crippen molar-refractivity contribution in [2.24, 2.45) is 0 Å². The Morgan fingerprint density at radius 2 is 2.17 bits per heavy atom. The summed E-state index contributed by atoms with van der Waals surface area (Å²) in [5, 5.41) is 2.67. The molecule has 3 nitrogen and oxygen atoms in total. The average Bonchev–Trinajstić information content (AvgIpc) is 2.83. The predicted octanol–water partition coefficient (Wildman–Crippen LogP) is 3.22. The van der Waals surface area contributed by atoms with Crippen LogP contribution in [0.25, 0.3) is 0 Å². The summed E-state index contributed by atoms with van der Waals surface area (Å²) < 4.78 is 42.1. The van der Waals surface area contributed by atoms with Gasteiger partial charge in [-0.25, -0.2) is 18.2 Å². The number of alkyl halides is 1. The van der Waals surface area contributed by atoms with Gasteiger partial charge in [-0.05, 0) is 18.3 Å². The fourth-order valence-electron chi connectivity index (χ4n) is 2.25. The van der Waals surface area contributed by atoms with Crippen molar-refractivity contribution in [1.82, 2.24) is 14.8 Å². The van der Waals surface area contributed by atoms with Crippen LogP contribution in [0.5, 0.6) is 0 Å². The van der Waals surface area contributed by atoms with E-state index in [9.17, 15) is 13.2 Å². The van der Waals surface area contributed by atoms with E-state index in [1.807, 2.05) is 0 Å². The van der Waals surface area contributed by atoms with Crippen LogP contribution in [0.2, 0.25) is 0 Å². The zero-order chi connectivity index (χ0) is 12.9. The fourth-order valence-corrected chi connectivity index (χ4v) is 2.44. The molecule has 0 unspecified atom stereocenters. The molecule has 1 aromatic heterocycles. The van der Waals surface area contributed by atoms with Crippen molar-refractivity contribution in [2.75, 3.05) is 0 Å². The minimum atomic E-state index is -1.33. The normalized spacial score (nSPS) is 22.2. The van der Waals surface area contributed by atoms with Crippen molar-refractivity contribution in [1.29, 1.82) is 0 Å². The predicted molar refractivity (Wildman–Crippen MR) is 60.4 cm³/mol. The first kappa shape index (κ1) is 11.5. The summed E-state index contributed by atoms with van der Waals surface area (Å²) in [6, 6.07) is 3.21. The molecule has 0 saturated carbocycles. The lowest BCUT2D eigenvalue weighted by molar-refractivity contribution is 0.326. The molecule has 1 aliphatic heterocycles. The Hall–Kier alpha value is -1.63. The first-order valence-electron chi connectivity index (χ1n) is 5.34. The molecule has 0 fully saturated rings. The topological polar surface area (TPSA) is 33.6 Å². The largest absolute Gasteiger partial charge is 0.270 e. The molecule has 2 atom stereocenters. The van der Waals surface area contributed by atoms with Gasteiger partial charge in [0.2, 0.25) is 4.77 Å². The number of hydrogen-bond donors (Lipinski definition) is 1. The van der Waals surface area contributed by atoms with E-state index >= 15 is 0 Å². The molecule has 2 aromatic rings. The summed E-state index contributed by atoms with van der Waals surface area (Å²) in [6.45, 7) is 0. The second-order valence-corrected chi connectivity index (χ2v) is 4.51. The number of fused-ring (bicyclic) bond motifs is 1. The number of halogens is 3. The third kappa shape index (κ3) is 1.58. The Morgan fingerprint density at radius 3 is 2.94 bits per heavy atom. The highest BCUT2D eigenvalue weighted by Gasteiger charge is 2.35. The van der Waals surface area contributed by atoms with Crippen LogP contribution in [0.15, 0.2) is 18.2 Å². The molecule has 0 spiro atoms. The van der Waals surface area contributed by atoms with Crippen LogP contribution >= 0.6 is 12.2 Å². The maximum absolute atomic E-state index is 13.7. The molecular formula is C11H8F3N3S. The maximum atomic E-state index is 13.7. The summed E-state index contributed by atoms with van der Waals surface area (Å²) >= 11 is 4.81. The SMILES string of the molecule is Fc1cccc([C@@H]2C[C@H](F)c3nc(=S)[nH]n32)c1F. The Labute approximate surface area is 105 Å². The van der Waals surface area contributed by atoms with Gasteiger partial charge in [-0.15, -0.1) is 0 Å². The number of nitrogens with zero attached hydrogens (tertiary/aromatic N) is 2. The van der Waals surface area contributed by atoms with Crippen LogP contribution < -0.4 is 0 Å². The lowest BCUT2D eigenvalue weighted by atomic mass is 10.0. The van der Waals surface area contributed by atoms with Crippen LogP contribution in [0.1, 0.15) is 30.0 Å². The fraction of sp³-hybridized carbons (Fsp3) is 0.273. The maximum Gasteiger partial charge on any atom is 0.213 e. The van der Waals surface area contributed by atoms with Crippen LogP contribution in [0.4, 0.5) is 13.2 Å². The number of rotatable bonds is 1. The number of aromatic nitrogens is 3. The van der Waals surface area contributed by atoms with Crippen molar-refractivity contribution in [3.05, 3.63) is 46.0 Å². The molecule has 0 saturated heterocycles. The van der Waals surface area contributed by atoms with Crippen molar-refractivity contribution < 1.29 is 13.2 Å². The van der Waals surface area contributed by atoms with E-state index in [0.29, 0.717) is 0 Å². The molecule has 1 aliphatic rings. The summed E-state index contributed by atoms with van der Waals surface area (Å²) in [4.78, 5) is 3.83. The number of benzene rings is 1. The molecule has 0 bridgehead atoms. The molecule has 7 heteroatoms. The van der Waals surface area contributed by atoms with Gasteiger partial charge in [0.15, 0.2) is 23.6 Å². The Bertz CT molecular complexity index is 664. The van der Waals surface area contributed by atoms with Crippen molar-refractivity contribution >= 4 is 12.2 Å². The summed E-state index contributed by atoms with van der Waals surface area (Å²) in [5.74, 6) is -1.78. The van der Waals surface area contributed by atoms with Crippen LogP contribution in [-0.2, 0) is 0 Å². The lowest BCUT2D eigenvalue weighted by Crippen LogP contribution is -2.10. The van der Waals surface area contributed by atoms with E-state index in [2.05, 4.69) is 10.1 Å². The van der Waals surface area contributed by atoms with E-state index < -0.39 is 23.8 Å². The van der Waals surface area contributed by atoms with Crippen molar-refractivity contribution in [3.63, 3.8) is 0 Å². The number of H-pyrrole nitrogens is 1. The second kappa shape index (κ2) is 3.94. The number of hydrogen-bond acceptors (Lipinski definition) is 2. The molecule has 1 aromatic carbocycles. The van der Waals surface area contributed by atoms with Gasteiger partial charge in [-0.2, -0.15) is 0 Å². The Balaban J connectivity index is 2.14. The highest BCUT2D eigenvalue weighted by Crippen LogP contribution is 2.39. The highest BCUT2D eigenvalue weighted by atomic mass is 32.1. The standard InChI is InChI=1S/C11H8F3N3S/c12-6-3-1-2-5(9(6)14)8-4-7(13)10-15-11(18)16-17(8)10/h1-3,7-8H,4H2,(H,16,18)/t7-,8-/m0/s1. The van der Waals surface area contributed by atoms with E-state index in [1.54, 1.807) is 0 Å². The highest BCUT2D eigenvalue weighted by molar-refractivity contribution is 7.71. The van der Waals surface area contributed by atoms with Gasteiger partial charge in [0.05, 0.1) is 6.04 Å². The molecule has 0 amide bonds. The number of aromatic amines is 1. The van der Waals surface area contributed by atoms with Crippen LogP contribution in [0.3, 0.4) is 0 Å². The quantitative estimate of drug-likeness (QED) is 0.808. The van der Waals surface area contributed by atoms with Gasteiger partial charge in [-0.1, -0.05) is 12.1 Å². The molecule has 94 valence electrons. The molecule has 1 N–H and O–H groups in total. The first-order valence-corrected chi connectivity index (χ1v) is 5.75. The molecule has 3 rings (SSSR count). The minimum absolute atomic E-state index is 0.0226. The van der Waals surface area contributed by atoms with Crippen molar-refractivity contribution in [3.8, 4) is 0 Å². The van der Waals surface area contributed by atoms with Gasteiger partial charge in [0.1, 0.15) is 0 Å². The monoisotopic (exact) mass is 271 g/mol. The summed E-state index contributed by atoms with van der Waals surface area (Å²) in [6.07, 6.45) is -1.31. The van der Waals surface area contributed by atoms with Gasteiger partial charge in [0, 0.05) is 12.0 Å². The minimum Gasteiger partial charge on any atom is -0.270 e. The van der Waals surface area contributed by atoms with Gasteiger partial charge in [-0.3, -0.25) is 9.78 Å². The third-order valence-electron chi connectivity index (χ3n) is 3.04. The molecule has 0 radical (unpaired) electrons. The van der Waals surface area contributed by atoms with E-state index in [0.717, 1.165) is 6.07 Å². The summed E-state index contributed by atoms with van der Waals surface area (Å²) in [5.41, 5.74) is 0.0973. The summed E-state index contributed by atoms with van der Waals surface area (Å²) in [7, 11) is 0. The van der Waals surface area contributed by atoms with Crippen LogP contribution in [-0.4, -0.2) is 14.8 Å². The van der Waals surface area contributed by atoms with Gasteiger partial charge in [0.25, 0.3) is 0 Å². The Morgan fingerprint density at radius 1 is 1.39 bits per heavy atom. The van der Waals surface area contributed by atoms with Crippen molar-refractivity contribution in [2.45, 2.75) is 18.6 Å². The number of nitrogens with one attached hydrogen (secondary N) is 1.